The minimum atomic E-state index is -4.83. The molecule has 0 atom stereocenters. The Labute approximate surface area is 162 Å². The van der Waals surface area contributed by atoms with Crippen molar-refractivity contribution in [1.29, 1.82) is 0 Å². The molecule has 0 aliphatic rings. The summed E-state index contributed by atoms with van der Waals surface area (Å²) >= 11 is 0. The lowest BCUT2D eigenvalue weighted by atomic mass is 10.2. The number of hydrogen-bond acceptors (Lipinski definition) is 8. The number of methoxy groups -OCH3 is 2. The Morgan fingerprint density at radius 1 is 1.03 bits per heavy atom. The molecule has 0 unspecified atom stereocenters. The molecule has 2 N–H and O–H groups in total. The second-order valence-corrected chi connectivity index (χ2v) is 7.02. The maximum Gasteiger partial charge on any atom is 0.453 e. The number of ether oxygens (including phenoxy) is 2. The van der Waals surface area contributed by atoms with Gasteiger partial charge >= 0.3 is 6.18 Å². The van der Waals surface area contributed by atoms with E-state index in [9.17, 15) is 21.6 Å². The number of rotatable bonds is 5. The number of sulfonamides is 1. The van der Waals surface area contributed by atoms with E-state index in [-0.39, 0.29) is 23.0 Å². The van der Waals surface area contributed by atoms with Crippen LogP contribution >= 0.6 is 0 Å². The molecule has 0 aliphatic carbocycles. The first-order chi connectivity index (χ1) is 13.5. The third-order valence-corrected chi connectivity index (χ3v) is 4.44. The van der Waals surface area contributed by atoms with Crippen LogP contribution in [-0.4, -0.2) is 47.6 Å². The fourth-order valence-corrected chi connectivity index (χ4v) is 2.74. The van der Waals surface area contributed by atoms with Gasteiger partial charge in [0.1, 0.15) is 0 Å². The fraction of sp³-hybridized carbons (Fsp3) is 0.200. The maximum absolute atomic E-state index is 13.2. The van der Waals surface area contributed by atoms with Crippen LogP contribution in [0.1, 0.15) is 5.82 Å². The van der Waals surface area contributed by atoms with Crippen molar-refractivity contribution in [2.24, 2.45) is 5.14 Å². The van der Waals surface area contributed by atoms with Gasteiger partial charge in [0.15, 0.2) is 28.2 Å². The molecule has 0 fully saturated rings. The standard InChI is InChI=1S/C15H13F3N6O4S/c1-27-9-4-3-8(7-10(9)28-2)13-20-14(15(16,17)18)23-24(13)11-5-6-12(22-21-11)29(19,25)26/h3-7H,1-2H3,(H2,19,25,26). The Morgan fingerprint density at radius 2 is 1.72 bits per heavy atom. The van der Waals surface area contributed by atoms with Gasteiger partial charge in [0, 0.05) is 5.56 Å². The molecule has 0 saturated carbocycles. The van der Waals surface area contributed by atoms with Crippen LogP contribution in [0.25, 0.3) is 17.2 Å². The van der Waals surface area contributed by atoms with E-state index in [1.807, 2.05) is 0 Å². The molecule has 3 rings (SSSR count). The summed E-state index contributed by atoms with van der Waals surface area (Å²) in [5.74, 6) is -1.24. The van der Waals surface area contributed by atoms with Crippen LogP contribution in [0.4, 0.5) is 13.2 Å². The van der Waals surface area contributed by atoms with E-state index in [0.29, 0.717) is 5.75 Å². The highest BCUT2D eigenvalue weighted by molar-refractivity contribution is 7.89. The lowest BCUT2D eigenvalue weighted by molar-refractivity contribution is -0.144. The van der Waals surface area contributed by atoms with E-state index >= 15 is 0 Å². The summed E-state index contributed by atoms with van der Waals surface area (Å²) in [7, 11) is -1.35. The molecule has 2 heterocycles. The number of nitrogens with two attached hydrogens (primary N) is 1. The Kier molecular flexibility index (Phi) is 5.15. The van der Waals surface area contributed by atoms with Gasteiger partial charge in [0.05, 0.1) is 14.2 Å². The molecule has 10 nitrogen and oxygen atoms in total. The summed E-state index contributed by atoms with van der Waals surface area (Å²) in [4.78, 5) is 3.55. The van der Waals surface area contributed by atoms with Crippen LogP contribution in [-0.2, 0) is 16.2 Å². The van der Waals surface area contributed by atoms with E-state index in [0.717, 1.165) is 16.8 Å². The van der Waals surface area contributed by atoms with Crippen molar-refractivity contribution in [2.75, 3.05) is 14.2 Å². The molecule has 0 spiro atoms. The van der Waals surface area contributed by atoms with E-state index in [2.05, 4.69) is 20.3 Å². The van der Waals surface area contributed by atoms with Crippen molar-refractivity contribution in [3.8, 4) is 28.7 Å². The van der Waals surface area contributed by atoms with Crippen molar-refractivity contribution in [3.63, 3.8) is 0 Å². The summed E-state index contributed by atoms with van der Waals surface area (Å²) in [6.07, 6.45) is -4.83. The normalized spacial score (nSPS) is 12.1. The third kappa shape index (κ3) is 4.12. The van der Waals surface area contributed by atoms with Crippen molar-refractivity contribution >= 4 is 10.0 Å². The molecule has 0 amide bonds. The number of nitrogens with zero attached hydrogens (tertiary/aromatic N) is 5. The zero-order valence-corrected chi connectivity index (χ0v) is 15.7. The van der Waals surface area contributed by atoms with Crippen LogP contribution in [0.3, 0.4) is 0 Å². The fourth-order valence-electron chi connectivity index (χ4n) is 2.33. The van der Waals surface area contributed by atoms with Crippen molar-refractivity contribution in [2.45, 2.75) is 11.2 Å². The molecule has 0 saturated heterocycles. The lowest BCUT2D eigenvalue weighted by Crippen LogP contribution is -2.15. The van der Waals surface area contributed by atoms with Gasteiger partial charge in [0.2, 0.25) is 0 Å². The lowest BCUT2D eigenvalue weighted by Gasteiger charge is -2.10. The van der Waals surface area contributed by atoms with Gasteiger partial charge in [-0.15, -0.1) is 15.3 Å². The molecule has 0 bridgehead atoms. The first-order valence-corrected chi connectivity index (χ1v) is 9.23. The van der Waals surface area contributed by atoms with E-state index < -0.39 is 27.0 Å². The monoisotopic (exact) mass is 430 g/mol. The topological polar surface area (TPSA) is 135 Å². The Bertz CT molecular complexity index is 1150. The number of hydrogen-bond donors (Lipinski definition) is 1. The molecule has 0 aliphatic heterocycles. The first kappa shape index (κ1) is 20.5. The molecule has 2 aromatic heterocycles. The molecular weight excluding hydrogens is 417 g/mol. The van der Waals surface area contributed by atoms with Crippen molar-refractivity contribution < 1.29 is 31.1 Å². The van der Waals surface area contributed by atoms with Crippen LogP contribution in [0.15, 0.2) is 35.4 Å². The number of benzene rings is 1. The number of halogens is 3. The van der Waals surface area contributed by atoms with Crippen LogP contribution in [0.5, 0.6) is 11.5 Å². The van der Waals surface area contributed by atoms with Gasteiger partial charge in [-0.05, 0) is 30.3 Å². The predicted octanol–water partition coefficient (Wildman–Crippen LogP) is 1.41. The van der Waals surface area contributed by atoms with E-state index in [4.69, 9.17) is 14.6 Å². The Hall–Kier alpha value is -3.26. The zero-order chi connectivity index (χ0) is 21.4. The van der Waals surface area contributed by atoms with E-state index in [1.54, 1.807) is 0 Å². The number of primary sulfonamides is 1. The zero-order valence-electron chi connectivity index (χ0n) is 14.9. The summed E-state index contributed by atoms with van der Waals surface area (Å²) in [6.45, 7) is 0. The van der Waals surface area contributed by atoms with Gasteiger partial charge in [-0.25, -0.2) is 18.5 Å². The van der Waals surface area contributed by atoms with Crippen LogP contribution < -0.4 is 14.6 Å². The highest BCUT2D eigenvalue weighted by atomic mass is 32.2. The molecule has 3 aromatic rings. The van der Waals surface area contributed by atoms with Crippen LogP contribution in [0.2, 0.25) is 0 Å². The molecule has 1 aromatic carbocycles. The average Bonchev–Trinajstić information content (AvgIpc) is 3.12. The molecular formula is C15H13F3N6O4S. The summed E-state index contributed by atoms with van der Waals surface area (Å²) in [5.41, 5.74) is 0.211. The van der Waals surface area contributed by atoms with Gasteiger partial charge in [-0.3, -0.25) is 0 Å². The summed E-state index contributed by atoms with van der Waals surface area (Å²) < 4.78 is 73.2. The third-order valence-electron chi connectivity index (χ3n) is 3.64. The second-order valence-electron chi connectivity index (χ2n) is 5.51. The van der Waals surface area contributed by atoms with Crippen molar-refractivity contribution in [3.05, 3.63) is 36.2 Å². The second kappa shape index (κ2) is 7.29. The largest absolute Gasteiger partial charge is 0.493 e. The van der Waals surface area contributed by atoms with Gasteiger partial charge in [-0.2, -0.15) is 17.9 Å². The van der Waals surface area contributed by atoms with Gasteiger partial charge in [-0.1, -0.05) is 0 Å². The smallest absolute Gasteiger partial charge is 0.453 e. The predicted molar refractivity (Wildman–Crippen MR) is 91.9 cm³/mol. The highest BCUT2D eigenvalue weighted by Gasteiger charge is 2.37. The number of alkyl halides is 3. The first-order valence-electron chi connectivity index (χ1n) is 7.68. The Morgan fingerprint density at radius 3 is 2.24 bits per heavy atom. The quantitative estimate of drug-likeness (QED) is 0.642. The summed E-state index contributed by atoms with van der Waals surface area (Å²) in [6, 6.07) is 6.44. The molecule has 154 valence electrons. The van der Waals surface area contributed by atoms with Crippen LogP contribution in [0, 0.1) is 0 Å². The van der Waals surface area contributed by atoms with Gasteiger partial charge < -0.3 is 9.47 Å². The molecule has 14 heteroatoms. The molecule has 0 radical (unpaired) electrons. The highest BCUT2D eigenvalue weighted by Crippen LogP contribution is 2.34. The van der Waals surface area contributed by atoms with Crippen molar-refractivity contribution in [1.82, 2.24) is 25.0 Å². The molecule has 29 heavy (non-hydrogen) atoms. The average molecular weight is 430 g/mol. The van der Waals surface area contributed by atoms with E-state index in [1.165, 1.54) is 32.4 Å². The minimum absolute atomic E-state index is 0.204. The SMILES string of the molecule is COc1ccc(-c2nc(C(F)(F)F)nn2-c2ccc(S(N)(=O)=O)nn2)cc1OC. The Balaban J connectivity index is 2.19. The maximum atomic E-state index is 13.2. The summed E-state index contributed by atoms with van der Waals surface area (Å²) in [5, 5.41) is 14.9. The minimum Gasteiger partial charge on any atom is -0.493 e. The number of aromatic nitrogens is 5. The van der Waals surface area contributed by atoms with Gasteiger partial charge in [0.25, 0.3) is 15.8 Å².